The largest absolute Gasteiger partial charge is 0.319 e. The summed E-state index contributed by atoms with van der Waals surface area (Å²) in [5, 5.41) is 6.70. The summed E-state index contributed by atoms with van der Waals surface area (Å²) in [6.07, 6.45) is 2.58. The minimum absolute atomic E-state index is 0.179. The van der Waals surface area contributed by atoms with Gasteiger partial charge >= 0.3 is 0 Å². The predicted molar refractivity (Wildman–Crippen MR) is 82.7 cm³/mol. The average Bonchev–Trinajstić information content (AvgIpc) is 2.93. The van der Waals surface area contributed by atoms with Crippen LogP contribution in [0.4, 0.5) is 5.69 Å². The molecule has 2 N–H and O–H groups in total. The number of carbonyl (C=O) groups excluding carboxylic acids is 1. The summed E-state index contributed by atoms with van der Waals surface area (Å²) in [6, 6.07) is 7.46. The number of anilines is 1. The molecule has 0 radical (unpaired) electrons. The quantitative estimate of drug-likeness (QED) is 0.916. The van der Waals surface area contributed by atoms with E-state index in [0.717, 1.165) is 18.8 Å². The SMILES string of the molecule is CC[C@H]1CNCc2ncc(C(=O)Nc3ccccc3Cl)n21. The summed E-state index contributed by atoms with van der Waals surface area (Å²) < 4.78 is 2.03. The summed E-state index contributed by atoms with van der Waals surface area (Å²) in [5.41, 5.74) is 1.19. The summed E-state index contributed by atoms with van der Waals surface area (Å²) in [7, 11) is 0. The Morgan fingerprint density at radius 2 is 2.33 bits per heavy atom. The maximum absolute atomic E-state index is 12.5. The summed E-state index contributed by atoms with van der Waals surface area (Å²) in [6.45, 7) is 3.65. The molecule has 0 saturated carbocycles. The molecule has 21 heavy (non-hydrogen) atoms. The Hall–Kier alpha value is -1.85. The second kappa shape index (κ2) is 5.87. The fourth-order valence-electron chi connectivity index (χ4n) is 2.62. The van der Waals surface area contributed by atoms with Crippen molar-refractivity contribution in [3.63, 3.8) is 0 Å². The van der Waals surface area contributed by atoms with Crippen LogP contribution in [-0.2, 0) is 6.54 Å². The van der Waals surface area contributed by atoms with Crippen molar-refractivity contribution in [1.82, 2.24) is 14.9 Å². The van der Waals surface area contributed by atoms with E-state index in [0.29, 0.717) is 22.9 Å². The Morgan fingerprint density at radius 1 is 1.52 bits per heavy atom. The van der Waals surface area contributed by atoms with Gasteiger partial charge in [-0.25, -0.2) is 4.98 Å². The zero-order chi connectivity index (χ0) is 14.8. The van der Waals surface area contributed by atoms with Gasteiger partial charge in [0.2, 0.25) is 0 Å². The number of fused-ring (bicyclic) bond motifs is 1. The number of hydrogen-bond donors (Lipinski definition) is 2. The molecule has 0 fully saturated rings. The van der Waals surface area contributed by atoms with Crippen molar-refractivity contribution in [3.05, 3.63) is 47.0 Å². The molecule has 2 aromatic rings. The predicted octanol–water partition coefficient (Wildman–Crippen LogP) is 2.84. The van der Waals surface area contributed by atoms with E-state index >= 15 is 0 Å². The molecule has 1 aliphatic heterocycles. The van der Waals surface area contributed by atoms with Gasteiger partial charge in [0.05, 0.1) is 23.5 Å². The molecule has 1 amide bonds. The molecule has 0 saturated heterocycles. The molecule has 1 aromatic carbocycles. The number of imidazole rings is 1. The van der Waals surface area contributed by atoms with E-state index in [1.165, 1.54) is 0 Å². The Morgan fingerprint density at radius 3 is 3.10 bits per heavy atom. The van der Waals surface area contributed by atoms with Gasteiger partial charge in [0, 0.05) is 12.6 Å². The average molecular weight is 305 g/mol. The van der Waals surface area contributed by atoms with Crippen LogP contribution >= 0.6 is 11.6 Å². The van der Waals surface area contributed by atoms with E-state index in [-0.39, 0.29) is 11.9 Å². The molecular weight excluding hydrogens is 288 g/mol. The van der Waals surface area contributed by atoms with Crippen molar-refractivity contribution in [1.29, 1.82) is 0 Å². The number of nitrogens with zero attached hydrogens (tertiary/aromatic N) is 2. The highest BCUT2D eigenvalue weighted by molar-refractivity contribution is 6.33. The Labute approximate surface area is 128 Å². The fraction of sp³-hybridized carbons (Fsp3) is 0.333. The van der Waals surface area contributed by atoms with Gasteiger partial charge in [-0.05, 0) is 18.6 Å². The van der Waals surface area contributed by atoms with Crippen molar-refractivity contribution in [2.75, 3.05) is 11.9 Å². The minimum atomic E-state index is -0.179. The third-order valence-corrected chi connectivity index (χ3v) is 4.06. The van der Waals surface area contributed by atoms with Crippen LogP contribution in [0.15, 0.2) is 30.5 Å². The van der Waals surface area contributed by atoms with Crippen LogP contribution in [-0.4, -0.2) is 22.0 Å². The Bertz CT molecular complexity index is 667. The van der Waals surface area contributed by atoms with Gasteiger partial charge in [0.15, 0.2) is 0 Å². The molecule has 5 nitrogen and oxygen atoms in total. The fourth-order valence-corrected chi connectivity index (χ4v) is 2.81. The van der Waals surface area contributed by atoms with Crippen molar-refractivity contribution < 1.29 is 4.79 Å². The first kappa shape index (κ1) is 14.1. The van der Waals surface area contributed by atoms with Gasteiger partial charge in [-0.1, -0.05) is 30.7 Å². The molecule has 0 bridgehead atoms. The van der Waals surface area contributed by atoms with Crippen LogP contribution in [0.5, 0.6) is 0 Å². The maximum atomic E-state index is 12.5. The lowest BCUT2D eigenvalue weighted by Crippen LogP contribution is -2.35. The third-order valence-electron chi connectivity index (χ3n) is 3.73. The van der Waals surface area contributed by atoms with Crippen LogP contribution in [0.2, 0.25) is 5.02 Å². The lowest BCUT2D eigenvalue weighted by Gasteiger charge is -2.26. The number of amides is 1. The maximum Gasteiger partial charge on any atom is 0.273 e. The Balaban J connectivity index is 1.89. The molecular formula is C15H17ClN4O. The molecule has 2 heterocycles. The molecule has 1 aliphatic rings. The molecule has 3 rings (SSSR count). The van der Waals surface area contributed by atoms with Crippen LogP contribution in [0.1, 0.15) is 35.7 Å². The standard InChI is InChI=1S/C15H17ClN4O/c1-2-10-7-17-9-14-18-8-13(20(10)14)15(21)19-12-6-4-3-5-11(12)16/h3-6,8,10,17H,2,7,9H2,1H3,(H,19,21)/t10-/m0/s1. The number of nitrogens with one attached hydrogen (secondary N) is 2. The number of benzene rings is 1. The summed E-state index contributed by atoms with van der Waals surface area (Å²) in [5.74, 6) is 0.722. The number of aromatic nitrogens is 2. The van der Waals surface area contributed by atoms with Gasteiger partial charge in [0.25, 0.3) is 5.91 Å². The molecule has 110 valence electrons. The van der Waals surface area contributed by atoms with Crippen LogP contribution in [0.25, 0.3) is 0 Å². The monoisotopic (exact) mass is 304 g/mol. The van der Waals surface area contributed by atoms with Gasteiger partial charge < -0.3 is 15.2 Å². The molecule has 0 spiro atoms. The number of rotatable bonds is 3. The lowest BCUT2D eigenvalue weighted by atomic mass is 10.1. The summed E-state index contributed by atoms with van der Waals surface area (Å²) in [4.78, 5) is 16.9. The van der Waals surface area contributed by atoms with Crippen molar-refractivity contribution >= 4 is 23.2 Å². The summed E-state index contributed by atoms with van der Waals surface area (Å²) >= 11 is 6.08. The van der Waals surface area contributed by atoms with E-state index in [1.54, 1.807) is 18.3 Å². The number of hydrogen-bond acceptors (Lipinski definition) is 3. The lowest BCUT2D eigenvalue weighted by molar-refractivity contribution is 0.101. The topological polar surface area (TPSA) is 59.0 Å². The zero-order valence-corrected chi connectivity index (χ0v) is 12.5. The highest BCUT2D eigenvalue weighted by atomic mass is 35.5. The third kappa shape index (κ3) is 2.66. The number of halogens is 1. The molecule has 0 aliphatic carbocycles. The first-order chi connectivity index (χ1) is 10.2. The van der Waals surface area contributed by atoms with E-state index in [4.69, 9.17) is 11.6 Å². The van der Waals surface area contributed by atoms with Crippen molar-refractivity contribution in [2.45, 2.75) is 25.9 Å². The van der Waals surface area contributed by atoms with Gasteiger partial charge in [-0.2, -0.15) is 0 Å². The minimum Gasteiger partial charge on any atom is -0.319 e. The van der Waals surface area contributed by atoms with Crippen molar-refractivity contribution in [3.8, 4) is 0 Å². The van der Waals surface area contributed by atoms with E-state index < -0.39 is 0 Å². The smallest absolute Gasteiger partial charge is 0.273 e. The van der Waals surface area contributed by atoms with Gasteiger partial charge in [-0.3, -0.25) is 4.79 Å². The first-order valence-electron chi connectivity index (χ1n) is 7.03. The Kier molecular flexibility index (Phi) is 3.94. The van der Waals surface area contributed by atoms with Gasteiger partial charge in [-0.15, -0.1) is 0 Å². The van der Waals surface area contributed by atoms with Gasteiger partial charge in [0.1, 0.15) is 11.5 Å². The molecule has 6 heteroatoms. The van der Waals surface area contributed by atoms with E-state index in [9.17, 15) is 4.79 Å². The van der Waals surface area contributed by atoms with Crippen LogP contribution in [0, 0.1) is 0 Å². The van der Waals surface area contributed by atoms with Crippen molar-refractivity contribution in [2.24, 2.45) is 0 Å². The second-order valence-corrected chi connectivity index (χ2v) is 5.46. The highest BCUT2D eigenvalue weighted by Crippen LogP contribution is 2.24. The van der Waals surface area contributed by atoms with E-state index in [1.807, 2.05) is 16.7 Å². The number of carbonyl (C=O) groups is 1. The van der Waals surface area contributed by atoms with E-state index in [2.05, 4.69) is 22.5 Å². The first-order valence-corrected chi connectivity index (χ1v) is 7.41. The second-order valence-electron chi connectivity index (χ2n) is 5.06. The van der Waals surface area contributed by atoms with Crippen LogP contribution < -0.4 is 10.6 Å². The highest BCUT2D eigenvalue weighted by Gasteiger charge is 2.25. The molecule has 1 aromatic heterocycles. The number of para-hydroxylation sites is 1. The molecule has 0 unspecified atom stereocenters. The zero-order valence-electron chi connectivity index (χ0n) is 11.8. The normalized spacial score (nSPS) is 17.3. The molecule has 1 atom stereocenters. The van der Waals surface area contributed by atoms with Crippen LogP contribution in [0.3, 0.4) is 0 Å².